The lowest BCUT2D eigenvalue weighted by molar-refractivity contribution is 0.550. The number of aromatic nitrogens is 2. The van der Waals surface area contributed by atoms with Gasteiger partial charge in [0.2, 0.25) is 5.95 Å². The predicted octanol–water partition coefficient (Wildman–Crippen LogP) is 3.28. The molecule has 0 amide bonds. The van der Waals surface area contributed by atoms with E-state index in [-0.39, 0.29) is 0 Å². The number of nitrogens with one attached hydrogen (secondary N) is 1. The molecule has 18 heavy (non-hydrogen) atoms. The number of benzene rings is 1. The molecule has 0 aliphatic carbocycles. The standard InChI is InChI=1S/C15H19N3/c1-3-9-16-15-17-10-11-18(15)13(2)12-14-7-5-4-6-8-14/h3-8,10-11,13H,1,9,12H2,2H3,(H,16,17). The number of hydrogen-bond acceptors (Lipinski definition) is 2. The van der Waals surface area contributed by atoms with Crippen LogP contribution in [-0.2, 0) is 6.42 Å². The van der Waals surface area contributed by atoms with Crippen molar-refractivity contribution in [3.05, 3.63) is 60.9 Å². The summed E-state index contributed by atoms with van der Waals surface area (Å²) >= 11 is 0. The van der Waals surface area contributed by atoms with Gasteiger partial charge in [0.15, 0.2) is 0 Å². The van der Waals surface area contributed by atoms with Crippen molar-refractivity contribution in [1.29, 1.82) is 0 Å². The number of anilines is 1. The van der Waals surface area contributed by atoms with E-state index in [1.54, 1.807) is 0 Å². The van der Waals surface area contributed by atoms with E-state index < -0.39 is 0 Å². The van der Waals surface area contributed by atoms with Crippen LogP contribution in [0.1, 0.15) is 18.5 Å². The summed E-state index contributed by atoms with van der Waals surface area (Å²) in [6.45, 7) is 6.64. The van der Waals surface area contributed by atoms with Gasteiger partial charge >= 0.3 is 0 Å². The molecule has 0 aliphatic rings. The molecule has 1 atom stereocenters. The van der Waals surface area contributed by atoms with Crippen LogP contribution in [0.2, 0.25) is 0 Å². The third-order valence-corrected chi connectivity index (χ3v) is 2.92. The Morgan fingerprint density at radius 1 is 1.39 bits per heavy atom. The van der Waals surface area contributed by atoms with E-state index in [1.807, 2.05) is 24.5 Å². The Labute approximate surface area is 108 Å². The largest absolute Gasteiger partial charge is 0.352 e. The highest BCUT2D eigenvalue weighted by Gasteiger charge is 2.09. The topological polar surface area (TPSA) is 29.9 Å². The molecule has 94 valence electrons. The van der Waals surface area contributed by atoms with E-state index in [0.717, 1.165) is 18.9 Å². The molecule has 0 aliphatic heterocycles. The molecule has 2 rings (SSSR count). The first kappa shape index (κ1) is 12.4. The first-order valence-electron chi connectivity index (χ1n) is 6.23. The van der Waals surface area contributed by atoms with E-state index in [2.05, 4.69) is 52.6 Å². The minimum atomic E-state index is 0.377. The predicted molar refractivity (Wildman–Crippen MR) is 75.8 cm³/mol. The second-order valence-electron chi connectivity index (χ2n) is 4.37. The summed E-state index contributed by atoms with van der Waals surface area (Å²) < 4.78 is 2.16. The minimum Gasteiger partial charge on any atom is -0.352 e. The van der Waals surface area contributed by atoms with E-state index >= 15 is 0 Å². The summed E-state index contributed by atoms with van der Waals surface area (Å²) in [6.07, 6.45) is 6.67. The summed E-state index contributed by atoms with van der Waals surface area (Å²) in [5.41, 5.74) is 1.34. The second kappa shape index (κ2) is 6.05. The maximum Gasteiger partial charge on any atom is 0.203 e. The summed E-state index contributed by atoms with van der Waals surface area (Å²) in [5, 5.41) is 3.24. The fourth-order valence-corrected chi connectivity index (χ4v) is 2.02. The zero-order chi connectivity index (χ0) is 12.8. The molecule has 0 spiro atoms. The fourth-order valence-electron chi connectivity index (χ4n) is 2.02. The quantitative estimate of drug-likeness (QED) is 0.786. The highest BCUT2D eigenvalue weighted by Crippen LogP contribution is 2.18. The minimum absolute atomic E-state index is 0.377. The highest BCUT2D eigenvalue weighted by atomic mass is 15.2. The van der Waals surface area contributed by atoms with E-state index in [4.69, 9.17) is 0 Å². The van der Waals surface area contributed by atoms with Crippen molar-refractivity contribution in [2.75, 3.05) is 11.9 Å². The van der Waals surface area contributed by atoms with Crippen molar-refractivity contribution in [2.45, 2.75) is 19.4 Å². The monoisotopic (exact) mass is 241 g/mol. The average molecular weight is 241 g/mol. The van der Waals surface area contributed by atoms with Gasteiger partial charge in [-0.3, -0.25) is 0 Å². The zero-order valence-corrected chi connectivity index (χ0v) is 10.7. The van der Waals surface area contributed by atoms with E-state index in [0.29, 0.717) is 6.04 Å². The third kappa shape index (κ3) is 3.00. The Hall–Kier alpha value is -2.03. The van der Waals surface area contributed by atoms with Gasteiger partial charge in [0.05, 0.1) is 0 Å². The second-order valence-corrected chi connectivity index (χ2v) is 4.37. The Morgan fingerprint density at radius 3 is 2.89 bits per heavy atom. The first-order chi connectivity index (χ1) is 8.81. The van der Waals surface area contributed by atoms with E-state index in [9.17, 15) is 0 Å². The van der Waals surface area contributed by atoms with Gasteiger partial charge in [-0.05, 0) is 18.9 Å². The fraction of sp³-hybridized carbons (Fsp3) is 0.267. The molecule has 1 N–H and O–H groups in total. The van der Waals surface area contributed by atoms with Crippen molar-refractivity contribution in [3.8, 4) is 0 Å². The lowest BCUT2D eigenvalue weighted by Gasteiger charge is -2.16. The molecular formula is C15H19N3. The Bertz CT molecular complexity index is 487. The first-order valence-corrected chi connectivity index (χ1v) is 6.23. The van der Waals surface area contributed by atoms with Gasteiger partial charge in [-0.2, -0.15) is 0 Å². The number of hydrogen-bond donors (Lipinski definition) is 1. The Kier molecular flexibility index (Phi) is 4.18. The van der Waals surface area contributed by atoms with Crippen molar-refractivity contribution < 1.29 is 0 Å². The van der Waals surface area contributed by atoms with Crippen molar-refractivity contribution >= 4 is 5.95 Å². The molecule has 0 fully saturated rings. The van der Waals surface area contributed by atoms with Gasteiger partial charge < -0.3 is 9.88 Å². The van der Waals surface area contributed by atoms with Crippen LogP contribution in [0.15, 0.2) is 55.4 Å². The van der Waals surface area contributed by atoms with Crippen molar-refractivity contribution in [2.24, 2.45) is 0 Å². The van der Waals surface area contributed by atoms with Crippen LogP contribution < -0.4 is 5.32 Å². The van der Waals surface area contributed by atoms with Crippen LogP contribution in [0.5, 0.6) is 0 Å². The molecular weight excluding hydrogens is 222 g/mol. The third-order valence-electron chi connectivity index (χ3n) is 2.92. The van der Waals surface area contributed by atoms with Crippen molar-refractivity contribution in [1.82, 2.24) is 9.55 Å². The summed E-state index contributed by atoms with van der Waals surface area (Å²) in [4.78, 5) is 4.32. The normalized spacial score (nSPS) is 12.1. The molecule has 0 bridgehead atoms. The number of rotatable bonds is 6. The molecule has 0 saturated carbocycles. The van der Waals surface area contributed by atoms with Gasteiger partial charge in [-0.25, -0.2) is 4.98 Å². The van der Waals surface area contributed by atoms with Gasteiger partial charge in [0.25, 0.3) is 0 Å². The smallest absolute Gasteiger partial charge is 0.203 e. The van der Waals surface area contributed by atoms with Crippen LogP contribution >= 0.6 is 0 Å². The van der Waals surface area contributed by atoms with Crippen LogP contribution in [0, 0.1) is 0 Å². The molecule has 3 nitrogen and oxygen atoms in total. The Balaban J connectivity index is 2.06. The number of nitrogens with zero attached hydrogens (tertiary/aromatic N) is 2. The zero-order valence-electron chi connectivity index (χ0n) is 10.7. The molecule has 1 aromatic heterocycles. The SMILES string of the molecule is C=CCNc1nccn1C(C)Cc1ccccc1. The van der Waals surface area contributed by atoms with Crippen LogP contribution in [-0.4, -0.2) is 16.1 Å². The van der Waals surface area contributed by atoms with Crippen molar-refractivity contribution in [3.63, 3.8) is 0 Å². The molecule has 0 saturated heterocycles. The van der Waals surface area contributed by atoms with Gasteiger partial charge in [-0.1, -0.05) is 36.4 Å². The molecule has 1 unspecified atom stereocenters. The molecule has 1 aromatic carbocycles. The van der Waals surface area contributed by atoms with Gasteiger partial charge in [-0.15, -0.1) is 6.58 Å². The summed E-state index contributed by atoms with van der Waals surface area (Å²) in [7, 11) is 0. The highest BCUT2D eigenvalue weighted by molar-refractivity contribution is 5.28. The van der Waals surface area contributed by atoms with Crippen LogP contribution in [0.4, 0.5) is 5.95 Å². The molecule has 3 heteroatoms. The lowest BCUT2D eigenvalue weighted by Crippen LogP contribution is -2.12. The summed E-state index contributed by atoms with van der Waals surface area (Å²) in [6, 6.07) is 10.9. The van der Waals surface area contributed by atoms with Gasteiger partial charge in [0, 0.05) is 25.0 Å². The maximum atomic E-state index is 4.32. The molecule has 2 aromatic rings. The lowest BCUT2D eigenvalue weighted by atomic mass is 10.1. The Morgan fingerprint density at radius 2 is 2.17 bits per heavy atom. The number of imidazole rings is 1. The maximum absolute atomic E-state index is 4.32. The molecule has 0 radical (unpaired) electrons. The average Bonchev–Trinajstić information content (AvgIpc) is 2.86. The van der Waals surface area contributed by atoms with Crippen LogP contribution in [0.25, 0.3) is 0 Å². The van der Waals surface area contributed by atoms with Gasteiger partial charge in [0.1, 0.15) is 0 Å². The summed E-state index contributed by atoms with van der Waals surface area (Å²) in [5.74, 6) is 0.901. The van der Waals surface area contributed by atoms with Crippen LogP contribution in [0.3, 0.4) is 0 Å². The van der Waals surface area contributed by atoms with E-state index in [1.165, 1.54) is 5.56 Å². The molecule has 1 heterocycles.